The topological polar surface area (TPSA) is 53.0 Å². The normalized spacial score (nSPS) is 11.2. The molecule has 1 aromatic heterocycles. The second kappa shape index (κ2) is 3.90. The van der Waals surface area contributed by atoms with Crippen LogP contribution in [0.3, 0.4) is 0 Å². The van der Waals surface area contributed by atoms with Gasteiger partial charge < -0.3 is 5.73 Å². The predicted molar refractivity (Wildman–Crippen MR) is 58.5 cm³/mol. The molecule has 0 aliphatic carbocycles. The van der Waals surface area contributed by atoms with E-state index in [0.717, 1.165) is 18.5 Å². The minimum Gasteiger partial charge on any atom is -0.393 e. The molecule has 1 heterocycles. The van der Waals surface area contributed by atoms with Gasteiger partial charge in [0.25, 0.3) is 5.56 Å². The fraction of sp³-hybridized carbons (Fsp3) is 0.700. The summed E-state index contributed by atoms with van der Waals surface area (Å²) in [6, 6.07) is 0.153. The number of rotatable bonds is 3. The molecule has 2 N–H and O–H groups in total. The molecule has 0 saturated carbocycles. The molecule has 4 heteroatoms. The third-order valence-corrected chi connectivity index (χ3v) is 2.44. The van der Waals surface area contributed by atoms with Gasteiger partial charge in [-0.1, -0.05) is 13.3 Å². The largest absolute Gasteiger partial charge is 0.393 e. The van der Waals surface area contributed by atoms with Crippen LogP contribution in [0, 0.1) is 0 Å². The minimum atomic E-state index is -0.0639. The highest BCUT2D eigenvalue weighted by Gasteiger charge is 2.15. The first-order valence-corrected chi connectivity index (χ1v) is 5.06. The van der Waals surface area contributed by atoms with Gasteiger partial charge in [-0.15, -0.1) is 0 Å². The number of aromatic nitrogens is 2. The number of nitrogens with two attached hydrogens (primary N) is 1. The summed E-state index contributed by atoms with van der Waals surface area (Å²) in [5.74, 6) is 0. The van der Waals surface area contributed by atoms with E-state index in [4.69, 9.17) is 5.73 Å². The molecule has 14 heavy (non-hydrogen) atoms. The maximum absolute atomic E-state index is 11.7. The molecule has 1 rings (SSSR count). The molecule has 0 aromatic carbocycles. The highest BCUT2D eigenvalue weighted by Crippen LogP contribution is 2.12. The van der Waals surface area contributed by atoms with Crippen molar-refractivity contribution in [1.29, 1.82) is 0 Å². The monoisotopic (exact) mass is 197 g/mol. The van der Waals surface area contributed by atoms with Gasteiger partial charge in [-0.25, -0.2) is 4.68 Å². The highest BCUT2D eigenvalue weighted by atomic mass is 16.1. The second-order valence-electron chi connectivity index (χ2n) is 3.88. The van der Waals surface area contributed by atoms with Gasteiger partial charge in [-0.2, -0.15) is 0 Å². The summed E-state index contributed by atoms with van der Waals surface area (Å²) in [6.07, 6.45) is 1.86. The third kappa shape index (κ3) is 1.56. The van der Waals surface area contributed by atoms with Gasteiger partial charge in [-0.05, 0) is 20.3 Å². The Bertz CT molecular complexity index is 373. The quantitative estimate of drug-likeness (QED) is 0.794. The molecule has 80 valence electrons. The van der Waals surface area contributed by atoms with Gasteiger partial charge in [0.2, 0.25) is 0 Å². The number of nitrogens with zero attached hydrogens (tertiary/aromatic N) is 2. The Morgan fingerprint density at radius 2 is 2.00 bits per heavy atom. The summed E-state index contributed by atoms with van der Waals surface area (Å²) in [6.45, 7) is 6.05. The summed E-state index contributed by atoms with van der Waals surface area (Å²) >= 11 is 0. The van der Waals surface area contributed by atoms with Gasteiger partial charge in [0, 0.05) is 13.1 Å². The van der Waals surface area contributed by atoms with Crippen molar-refractivity contribution in [3.8, 4) is 0 Å². The first kappa shape index (κ1) is 10.9. The van der Waals surface area contributed by atoms with Gasteiger partial charge in [-0.3, -0.25) is 9.48 Å². The van der Waals surface area contributed by atoms with Crippen molar-refractivity contribution in [3.63, 3.8) is 0 Å². The van der Waals surface area contributed by atoms with Crippen LogP contribution in [-0.4, -0.2) is 9.36 Å². The molecule has 0 spiro atoms. The van der Waals surface area contributed by atoms with Crippen molar-refractivity contribution in [2.75, 3.05) is 5.73 Å². The van der Waals surface area contributed by atoms with E-state index in [1.165, 1.54) is 0 Å². The number of hydrogen-bond donors (Lipinski definition) is 1. The van der Waals surface area contributed by atoms with Crippen molar-refractivity contribution in [1.82, 2.24) is 9.36 Å². The van der Waals surface area contributed by atoms with E-state index in [2.05, 4.69) is 6.92 Å². The zero-order chi connectivity index (χ0) is 10.9. The van der Waals surface area contributed by atoms with E-state index in [1.807, 2.05) is 25.6 Å². The van der Waals surface area contributed by atoms with Crippen molar-refractivity contribution in [2.45, 2.75) is 39.7 Å². The number of anilines is 1. The molecule has 1 aromatic rings. The summed E-state index contributed by atoms with van der Waals surface area (Å²) in [5.41, 5.74) is 7.07. The third-order valence-electron chi connectivity index (χ3n) is 2.44. The van der Waals surface area contributed by atoms with Crippen LogP contribution < -0.4 is 11.3 Å². The van der Waals surface area contributed by atoms with Crippen LogP contribution in [-0.2, 0) is 13.5 Å². The number of hydrogen-bond acceptors (Lipinski definition) is 2. The molecule has 0 fully saturated rings. The van der Waals surface area contributed by atoms with Crippen molar-refractivity contribution < 1.29 is 0 Å². The van der Waals surface area contributed by atoms with E-state index < -0.39 is 0 Å². The van der Waals surface area contributed by atoms with Crippen LogP contribution in [0.5, 0.6) is 0 Å². The molecule has 0 aliphatic heterocycles. The Balaban J connectivity index is 3.34. The summed E-state index contributed by atoms with van der Waals surface area (Å²) < 4.78 is 3.58. The Kier molecular flexibility index (Phi) is 3.03. The highest BCUT2D eigenvalue weighted by molar-refractivity contribution is 5.41. The Morgan fingerprint density at radius 3 is 2.36 bits per heavy atom. The van der Waals surface area contributed by atoms with Crippen molar-refractivity contribution >= 4 is 5.69 Å². The van der Waals surface area contributed by atoms with E-state index in [9.17, 15) is 4.79 Å². The van der Waals surface area contributed by atoms with Crippen LogP contribution in [0.25, 0.3) is 0 Å². The maximum Gasteiger partial charge on any atom is 0.290 e. The van der Waals surface area contributed by atoms with Gasteiger partial charge in [0.05, 0.1) is 5.69 Å². The lowest BCUT2D eigenvalue weighted by atomic mass is 10.2. The van der Waals surface area contributed by atoms with Crippen LogP contribution in [0.2, 0.25) is 0 Å². The van der Waals surface area contributed by atoms with E-state index in [0.29, 0.717) is 5.69 Å². The molecule has 4 nitrogen and oxygen atoms in total. The lowest BCUT2D eigenvalue weighted by Crippen LogP contribution is -2.24. The number of nitrogen functional groups attached to an aromatic ring is 1. The van der Waals surface area contributed by atoms with Crippen LogP contribution >= 0.6 is 0 Å². The van der Waals surface area contributed by atoms with Crippen molar-refractivity contribution in [2.24, 2.45) is 7.05 Å². The zero-order valence-corrected chi connectivity index (χ0v) is 9.37. The molecule has 0 atom stereocenters. The summed E-state index contributed by atoms with van der Waals surface area (Å²) in [4.78, 5) is 11.7. The fourth-order valence-corrected chi connectivity index (χ4v) is 1.80. The van der Waals surface area contributed by atoms with E-state index >= 15 is 0 Å². The lowest BCUT2D eigenvalue weighted by Gasteiger charge is -2.12. The zero-order valence-electron chi connectivity index (χ0n) is 9.37. The average molecular weight is 197 g/mol. The predicted octanol–water partition coefficient (Wildman–Crippen LogP) is 1.30. The summed E-state index contributed by atoms with van der Waals surface area (Å²) in [7, 11) is 1.89. The minimum absolute atomic E-state index is 0.0639. The first-order valence-electron chi connectivity index (χ1n) is 5.06. The van der Waals surface area contributed by atoms with Gasteiger partial charge in [0.1, 0.15) is 5.69 Å². The van der Waals surface area contributed by atoms with Gasteiger partial charge in [0.15, 0.2) is 0 Å². The fourth-order valence-electron chi connectivity index (χ4n) is 1.80. The van der Waals surface area contributed by atoms with Crippen LogP contribution in [0.15, 0.2) is 4.79 Å². The molecular weight excluding hydrogens is 178 g/mol. The Hall–Kier alpha value is -1.19. The SMILES string of the molecule is CCCc1c(N)c(=O)n(C(C)C)n1C. The average Bonchev–Trinajstić information content (AvgIpc) is 2.30. The van der Waals surface area contributed by atoms with Gasteiger partial charge >= 0.3 is 0 Å². The second-order valence-corrected chi connectivity index (χ2v) is 3.88. The standard InChI is InChI=1S/C10H19N3O/c1-5-6-8-9(11)10(14)13(7(2)3)12(8)4/h7H,5-6,11H2,1-4H3. The van der Waals surface area contributed by atoms with E-state index in [-0.39, 0.29) is 11.6 Å². The van der Waals surface area contributed by atoms with Crippen molar-refractivity contribution in [3.05, 3.63) is 16.0 Å². The maximum atomic E-state index is 11.7. The molecule has 0 aliphatic rings. The smallest absolute Gasteiger partial charge is 0.290 e. The first-order chi connectivity index (χ1) is 6.50. The molecule has 0 saturated heterocycles. The van der Waals surface area contributed by atoms with Crippen LogP contribution in [0.1, 0.15) is 38.9 Å². The lowest BCUT2D eigenvalue weighted by molar-refractivity contribution is 0.428. The molecule has 0 unspecified atom stereocenters. The Labute approximate surface area is 84.3 Å². The van der Waals surface area contributed by atoms with Crippen LogP contribution in [0.4, 0.5) is 5.69 Å². The molecule has 0 radical (unpaired) electrons. The molecular formula is C10H19N3O. The Morgan fingerprint density at radius 1 is 1.43 bits per heavy atom. The summed E-state index contributed by atoms with van der Waals surface area (Å²) in [5, 5.41) is 0. The molecule has 0 bridgehead atoms. The van der Waals surface area contributed by atoms with E-state index in [1.54, 1.807) is 4.68 Å². The molecule has 0 amide bonds.